The molecule has 10 heavy (non-hydrogen) atoms. The van der Waals surface area contributed by atoms with Crippen LogP contribution in [0.3, 0.4) is 0 Å². The third-order valence-electron chi connectivity index (χ3n) is 1.30. The van der Waals surface area contributed by atoms with Gasteiger partial charge in [-0.2, -0.15) is 10.5 Å². The molecule has 0 bridgehead atoms. The number of hydrogen-bond acceptors (Lipinski definition) is 2. The molecule has 54 valence electrons. The quantitative estimate of drug-likeness (QED) is 0.575. The lowest BCUT2D eigenvalue weighted by atomic mass is 9.97. The van der Waals surface area contributed by atoms with Crippen LogP contribution in [-0.4, -0.2) is 9.75 Å². The van der Waals surface area contributed by atoms with Gasteiger partial charge in [0.2, 0.25) is 0 Å². The molecular formula is C6H6Cl2N2. The molecular weight excluding hydrogens is 171 g/mol. The topological polar surface area (TPSA) is 47.6 Å². The van der Waals surface area contributed by atoms with Crippen molar-refractivity contribution in [2.45, 2.75) is 23.6 Å². The fraction of sp³-hybridized carbons (Fsp3) is 0.667. The molecule has 0 aromatic heterocycles. The summed E-state index contributed by atoms with van der Waals surface area (Å²) in [6.45, 7) is 2.82. The Morgan fingerprint density at radius 2 is 1.20 bits per heavy atom. The summed E-state index contributed by atoms with van der Waals surface area (Å²) in [6, 6.07) is 3.49. The number of halogens is 2. The monoisotopic (exact) mass is 176 g/mol. The highest BCUT2D eigenvalue weighted by Gasteiger charge is 2.42. The van der Waals surface area contributed by atoms with Crippen LogP contribution in [0.2, 0.25) is 0 Å². The summed E-state index contributed by atoms with van der Waals surface area (Å²) in [5, 5.41) is 16.9. The van der Waals surface area contributed by atoms with Gasteiger partial charge in [0.15, 0.2) is 9.75 Å². The number of alkyl halides is 2. The first kappa shape index (κ1) is 9.56. The van der Waals surface area contributed by atoms with Gasteiger partial charge in [0.05, 0.1) is 12.1 Å². The highest BCUT2D eigenvalue weighted by molar-refractivity contribution is 6.37. The Kier molecular flexibility index (Phi) is 2.54. The lowest BCUT2D eigenvalue weighted by molar-refractivity contribution is 0.656. The second-order valence-electron chi connectivity index (χ2n) is 2.23. The van der Waals surface area contributed by atoms with E-state index >= 15 is 0 Å². The van der Waals surface area contributed by atoms with E-state index < -0.39 is 9.75 Å². The zero-order chi connectivity index (χ0) is 8.41. The van der Waals surface area contributed by atoms with Crippen LogP contribution in [0, 0.1) is 22.7 Å². The molecule has 0 rings (SSSR count). The zero-order valence-corrected chi connectivity index (χ0v) is 7.16. The highest BCUT2D eigenvalue weighted by Crippen LogP contribution is 2.33. The van der Waals surface area contributed by atoms with Gasteiger partial charge in [-0.15, -0.1) is 0 Å². The first-order valence-corrected chi connectivity index (χ1v) is 3.33. The standard InChI is InChI=1S/C6H6Cl2N2/c1-5(7,3-9)6(2,8)4-10/h1-2H3. The Labute approximate surface area is 70.0 Å². The molecule has 0 aromatic rings. The van der Waals surface area contributed by atoms with Crippen molar-refractivity contribution in [2.75, 3.05) is 0 Å². The molecule has 2 nitrogen and oxygen atoms in total. The van der Waals surface area contributed by atoms with E-state index in [0.29, 0.717) is 0 Å². The first-order valence-electron chi connectivity index (χ1n) is 2.58. The Hall–Kier alpha value is -0.440. The van der Waals surface area contributed by atoms with Crippen molar-refractivity contribution in [3.8, 4) is 12.1 Å². The van der Waals surface area contributed by atoms with Crippen molar-refractivity contribution in [2.24, 2.45) is 0 Å². The van der Waals surface area contributed by atoms with Crippen molar-refractivity contribution in [1.29, 1.82) is 10.5 Å². The maximum atomic E-state index is 8.44. The molecule has 0 spiro atoms. The molecule has 0 aromatic carbocycles. The Morgan fingerprint density at radius 3 is 1.30 bits per heavy atom. The summed E-state index contributed by atoms with van der Waals surface area (Å²) in [7, 11) is 0. The first-order chi connectivity index (χ1) is 4.37. The molecule has 2 unspecified atom stereocenters. The van der Waals surface area contributed by atoms with Gasteiger partial charge in [-0.3, -0.25) is 0 Å². The minimum absolute atomic E-state index is 1.33. The lowest BCUT2D eigenvalue weighted by Gasteiger charge is -2.23. The molecule has 0 radical (unpaired) electrons. The summed E-state index contributed by atoms with van der Waals surface area (Å²) in [5.41, 5.74) is 0. The van der Waals surface area contributed by atoms with Gasteiger partial charge in [0.25, 0.3) is 0 Å². The van der Waals surface area contributed by atoms with E-state index in [1.165, 1.54) is 13.8 Å². The maximum absolute atomic E-state index is 8.44. The van der Waals surface area contributed by atoms with Crippen LogP contribution >= 0.6 is 23.2 Å². The Morgan fingerprint density at radius 1 is 1.00 bits per heavy atom. The smallest absolute Gasteiger partial charge is 0.160 e. The molecule has 0 aliphatic rings. The summed E-state index contributed by atoms with van der Waals surface area (Å²) in [6.07, 6.45) is 0. The third-order valence-corrected chi connectivity index (χ3v) is 2.32. The summed E-state index contributed by atoms with van der Waals surface area (Å²) < 4.78 is 0. The van der Waals surface area contributed by atoms with Crippen LogP contribution in [0.1, 0.15) is 13.8 Å². The minimum atomic E-state index is -1.33. The number of hydrogen-bond donors (Lipinski definition) is 0. The summed E-state index contributed by atoms with van der Waals surface area (Å²) in [5.74, 6) is 0. The molecule has 0 aliphatic carbocycles. The van der Waals surface area contributed by atoms with E-state index in [-0.39, 0.29) is 0 Å². The fourth-order valence-corrected chi connectivity index (χ4v) is 0.294. The van der Waals surface area contributed by atoms with Crippen LogP contribution in [0.15, 0.2) is 0 Å². The summed E-state index contributed by atoms with van der Waals surface area (Å²) in [4.78, 5) is -2.66. The molecule has 0 saturated carbocycles. The second-order valence-corrected chi connectivity index (χ2v) is 3.74. The van der Waals surface area contributed by atoms with Gasteiger partial charge >= 0.3 is 0 Å². The molecule has 2 atom stereocenters. The van der Waals surface area contributed by atoms with Crippen molar-refractivity contribution < 1.29 is 0 Å². The molecule has 0 heterocycles. The van der Waals surface area contributed by atoms with E-state index in [4.69, 9.17) is 33.7 Å². The third kappa shape index (κ3) is 1.53. The Bertz CT molecular complexity index is 183. The van der Waals surface area contributed by atoms with Gasteiger partial charge in [0, 0.05) is 0 Å². The van der Waals surface area contributed by atoms with Crippen molar-refractivity contribution in [3.05, 3.63) is 0 Å². The van der Waals surface area contributed by atoms with Crippen molar-refractivity contribution in [3.63, 3.8) is 0 Å². The maximum Gasteiger partial charge on any atom is 0.160 e. The molecule has 0 amide bonds. The molecule has 0 fully saturated rings. The van der Waals surface area contributed by atoms with Crippen molar-refractivity contribution >= 4 is 23.2 Å². The number of nitriles is 2. The average molecular weight is 177 g/mol. The lowest BCUT2D eigenvalue weighted by Crippen LogP contribution is -2.37. The molecule has 0 N–H and O–H groups in total. The van der Waals surface area contributed by atoms with Crippen molar-refractivity contribution in [1.82, 2.24) is 0 Å². The van der Waals surface area contributed by atoms with Crippen LogP contribution in [0.25, 0.3) is 0 Å². The second kappa shape index (κ2) is 2.66. The predicted octanol–water partition coefficient (Wildman–Crippen LogP) is 2.03. The SMILES string of the molecule is CC(Cl)(C#N)C(C)(Cl)C#N. The van der Waals surface area contributed by atoms with Gasteiger partial charge in [-0.1, -0.05) is 23.2 Å². The fourth-order valence-electron chi connectivity index (χ4n) is 0.210. The zero-order valence-electron chi connectivity index (χ0n) is 5.65. The highest BCUT2D eigenvalue weighted by atomic mass is 35.5. The number of rotatable bonds is 1. The van der Waals surface area contributed by atoms with Crippen LogP contribution in [0.5, 0.6) is 0 Å². The normalized spacial score (nSPS) is 21.4. The van der Waals surface area contributed by atoms with Gasteiger partial charge in [-0.05, 0) is 13.8 Å². The minimum Gasteiger partial charge on any atom is -0.196 e. The van der Waals surface area contributed by atoms with Crippen LogP contribution < -0.4 is 0 Å². The molecule has 0 saturated heterocycles. The Balaban J connectivity index is 4.71. The van der Waals surface area contributed by atoms with E-state index in [1.54, 1.807) is 12.1 Å². The molecule has 4 heteroatoms. The van der Waals surface area contributed by atoms with Gasteiger partial charge < -0.3 is 0 Å². The van der Waals surface area contributed by atoms with E-state index in [0.717, 1.165) is 0 Å². The predicted molar refractivity (Wildman–Crippen MR) is 39.7 cm³/mol. The van der Waals surface area contributed by atoms with Gasteiger partial charge in [-0.25, -0.2) is 0 Å². The van der Waals surface area contributed by atoms with E-state index in [9.17, 15) is 0 Å². The van der Waals surface area contributed by atoms with Crippen LogP contribution in [-0.2, 0) is 0 Å². The van der Waals surface area contributed by atoms with E-state index in [2.05, 4.69) is 0 Å². The van der Waals surface area contributed by atoms with Gasteiger partial charge in [0.1, 0.15) is 0 Å². The van der Waals surface area contributed by atoms with Crippen LogP contribution in [0.4, 0.5) is 0 Å². The van der Waals surface area contributed by atoms with E-state index in [1.807, 2.05) is 0 Å². The largest absolute Gasteiger partial charge is 0.196 e. The summed E-state index contributed by atoms with van der Waals surface area (Å²) >= 11 is 11.2. The molecule has 0 aliphatic heterocycles. The average Bonchev–Trinajstić information content (AvgIpc) is 1.88. The number of nitrogens with zero attached hydrogens (tertiary/aromatic N) is 2.